The first-order valence-electron chi connectivity index (χ1n) is 6.96. The average molecular weight is 291 g/mol. The van der Waals surface area contributed by atoms with Crippen molar-refractivity contribution < 1.29 is 8.78 Å². The van der Waals surface area contributed by atoms with E-state index in [1.165, 1.54) is 24.4 Å². The van der Waals surface area contributed by atoms with Crippen molar-refractivity contribution >= 4 is 11.5 Å². The number of hydrogen-bond acceptors (Lipinski definition) is 3. The number of rotatable bonds is 6. The first-order valence-corrected chi connectivity index (χ1v) is 6.96. The molecule has 0 saturated heterocycles. The molecule has 21 heavy (non-hydrogen) atoms. The molecule has 0 radical (unpaired) electrons. The lowest BCUT2D eigenvalue weighted by Crippen LogP contribution is -2.19. The molecule has 0 bridgehead atoms. The molecular weight excluding hydrogens is 272 g/mol. The Bertz CT molecular complexity index is 585. The Hall–Kier alpha value is -2.01. The molecule has 0 aliphatic rings. The lowest BCUT2D eigenvalue weighted by molar-refractivity contribution is 0.611. The van der Waals surface area contributed by atoms with Gasteiger partial charge >= 0.3 is 0 Å². The van der Waals surface area contributed by atoms with Gasteiger partial charge in [-0.25, -0.2) is 13.8 Å². The van der Waals surface area contributed by atoms with Crippen molar-refractivity contribution in [2.45, 2.75) is 19.9 Å². The van der Waals surface area contributed by atoms with Gasteiger partial charge in [0, 0.05) is 24.8 Å². The summed E-state index contributed by atoms with van der Waals surface area (Å²) in [6.07, 6.45) is 2.20. The van der Waals surface area contributed by atoms with Crippen LogP contribution in [0.2, 0.25) is 0 Å². The molecule has 0 saturated carbocycles. The highest BCUT2D eigenvalue weighted by atomic mass is 19.1. The summed E-state index contributed by atoms with van der Waals surface area (Å²) in [5, 5.41) is 3.24. The quantitative estimate of drug-likeness (QED) is 0.824. The fraction of sp³-hybridized carbons (Fsp3) is 0.312. The van der Waals surface area contributed by atoms with Gasteiger partial charge in [0.05, 0.1) is 6.20 Å². The van der Waals surface area contributed by atoms with E-state index in [1.807, 2.05) is 11.9 Å². The standard InChI is InChI=1S/C16H19F2N3/c1-3-8-19-10-12-9-14(18)11-20-16(12)21(2)15-6-4-13(17)5-7-15/h4-7,9,11,19H,3,8,10H2,1-2H3. The van der Waals surface area contributed by atoms with E-state index in [0.29, 0.717) is 12.4 Å². The maximum Gasteiger partial charge on any atom is 0.141 e. The molecule has 1 heterocycles. The SMILES string of the molecule is CCCNCc1cc(F)cnc1N(C)c1ccc(F)cc1. The van der Waals surface area contributed by atoms with Crippen molar-refractivity contribution in [1.82, 2.24) is 10.3 Å². The second-order valence-electron chi connectivity index (χ2n) is 4.85. The Labute approximate surface area is 123 Å². The van der Waals surface area contributed by atoms with E-state index in [2.05, 4.69) is 17.2 Å². The Morgan fingerprint density at radius 3 is 2.52 bits per heavy atom. The lowest BCUT2D eigenvalue weighted by Gasteiger charge is -2.21. The van der Waals surface area contributed by atoms with Gasteiger partial charge < -0.3 is 10.2 Å². The summed E-state index contributed by atoms with van der Waals surface area (Å²) in [6.45, 7) is 3.47. The molecular formula is C16H19F2N3. The summed E-state index contributed by atoms with van der Waals surface area (Å²) >= 11 is 0. The Morgan fingerprint density at radius 2 is 1.86 bits per heavy atom. The fourth-order valence-corrected chi connectivity index (χ4v) is 2.09. The third-order valence-corrected chi connectivity index (χ3v) is 3.18. The van der Waals surface area contributed by atoms with Crippen LogP contribution < -0.4 is 10.2 Å². The highest BCUT2D eigenvalue weighted by Crippen LogP contribution is 2.25. The third kappa shape index (κ3) is 3.98. The van der Waals surface area contributed by atoms with Crippen LogP contribution in [0, 0.1) is 11.6 Å². The van der Waals surface area contributed by atoms with Crippen LogP contribution in [-0.4, -0.2) is 18.6 Å². The summed E-state index contributed by atoms with van der Waals surface area (Å²) < 4.78 is 26.4. The average Bonchev–Trinajstić information content (AvgIpc) is 2.48. The molecule has 0 unspecified atom stereocenters. The van der Waals surface area contributed by atoms with Crippen LogP contribution in [-0.2, 0) is 6.54 Å². The summed E-state index contributed by atoms with van der Waals surface area (Å²) in [7, 11) is 1.83. The summed E-state index contributed by atoms with van der Waals surface area (Å²) in [6, 6.07) is 7.60. The van der Waals surface area contributed by atoms with E-state index in [9.17, 15) is 8.78 Å². The number of nitrogens with one attached hydrogen (secondary N) is 1. The van der Waals surface area contributed by atoms with Crippen molar-refractivity contribution in [1.29, 1.82) is 0 Å². The number of anilines is 2. The van der Waals surface area contributed by atoms with E-state index < -0.39 is 0 Å². The van der Waals surface area contributed by atoms with Gasteiger partial charge in [0.2, 0.25) is 0 Å². The van der Waals surface area contributed by atoms with Crippen molar-refractivity contribution in [2.75, 3.05) is 18.5 Å². The Kier molecular flexibility index (Phi) is 5.22. The molecule has 1 N–H and O–H groups in total. The minimum atomic E-state index is -0.362. The highest BCUT2D eigenvalue weighted by molar-refractivity contribution is 5.61. The van der Waals surface area contributed by atoms with Crippen LogP contribution in [0.15, 0.2) is 36.5 Å². The third-order valence-electron chi connectivity index (χ3n) is 3.18. The van der Waals surface area contributed by atoms with Crippen LogP contribution in [0.4, 0.5) is 20.3 Å². The molecule has 0 amide bonds. The maximum atomic E-state index is 13.4. The van der Waals surface area contributed by atoms with Gasteiger partial charge in [-0.2, -0.15) is 0 Å². The highest BCUT2D eigenvalue weighted by Gasteiger charge is 2.12. The molecule has 1 aromatic heterocycles. The van der Waals surface area contributed by atoms with Crippen molar-refractivity contribution in [3.8, 4) is 0 Å². The molecule has 3 nitrogen and oxygen atoms in total. The Morgan fingerprint density at radius 1 is 1.14 bits per heavy atom. The number of hydrogen-bond donors (Lipinski definition) is 1. The minimum Gasteiger partial charge on any atom is -0.329 e. The molecule has 2 rings (SSSR count). The molecule has 0 spiro atoms. The largest absolute Gasteiger partial charge is 0.329 e. The molecule has 112 valence electrons. The van der Waals surface area contributed by atoms with Crippen molar-refractivity contribution in [3.63, 3.8) is 0 Å². The van der Waals surface area contributed by atoms with Gasteiger partial charge in [0.1, 0.15) is 17.5 Å². The van der Waals surface area contributed by atoms with E-state index in [1.54, 1.807) is 12.1 Å². The smallest absolute Gasteiger partial charge is 0.141 e. The van der Waals surface area contributed by atoms with E-state index in [4.69, 9.17) is 0 Å². The number of halogens is 2. The van der Waals surface area contributed by atoms with Crippen molar-refractivity contribution in [2.24, 2.45) is 0 Å². The van der Waals surface area contributed by atoms with E-state index in [0.717, 1.165) is 24.2 Å². The second-order valence-corrected chi connectivity index (χ2v) is 4.85. The van der Waals surface area contributed by atoms with Gasteiger partial charge in [-0.15, -0.1) is 0 Å². The molecule has 5 heteroatoms. The monoisotopic (exact) mass is 291 g/mol. The van der Waals surface area contributed by atoms with Crippen LogP contribution in [0.3, 0.4) is 0 Å². The summed E-state index contributed by atoms with van der Waals surface area (Å²) in [5.41, 5.74) is 1.57. The van der Waals surface area contributed by atoms with E-state index >= 15 is 0 Å². The van der Waals surface area contributed by atoms with Gasteiger partial charge in [0.15, 0.2) is 0 Å². The van der Waals surface area contributed by atoms with E-state index in [-0.39, 0.29) is 11.6 Å². The number of nitrogens with zero attached hydrogens (tertiary/aromatic N) is 2. The second kappa shape index (κ2) is 7.13. The predicted octanol–water partition coefficient (Wildman–Crippen LogP) is 3.63. The molecule has 0 fully saturated rings. The fourth-order valence-electron chi connectivity index (χ4n) is 2.09. The zero-order chi connectivity index (χ0) is 15.2. The molecule has 0 aliphatic carbocycles. The zero-order valence-corrected chi connectivity index (χ0v) is 12.2. The lowest BCUT2D eigenvalue weighted by atomic mass is 10.2. The zero-order valence-electron chi connectivity index (χ0n) is 12.2. The van der Waals surface area contributed by atoms with Crippen LogP contribution in [0.25, 0.3) is 0 Å². The maximum absolute atomic E-state index is 13.4. The van der Waals surface area contributed by atoms with Crippen LogP contribution >= 0.6 is 0 Å². The first kappa shape index (κ1) is 15.4. The molecule has 2 aromatic rings. The number of aromatic nitrogens is 1. The van der Waals surface area contributed by atoms with Gasteiger partial charge in [0.25, 0.3) is 0 Å². The first-order chi connectivity index (χ1) is 10.1. The predicted molar refractivity (Wildman–Crippen MR) is 80.7 cm³/mol. The van der Waals surface area contributed by atoms with Gasteiger partial charge in [-0.1, -0.05) is 6.92 Å². The molecule has 1 aromatic carbocycles. The normalized spacial score (nSPS) is 10.7. The van der Waals surface area contributed by atoms with Crippen molar-refractivity contribution in [3.05, 3.63) is 53.7 Å². The van der Waals surface area contributed by atoms with Crippen LogP contribution in [0.1, 0.15) is 18.9 Å². The topological polar surface area (TPSA) is 28.2 Å². The molecule has 0 atom stereocenters. The summed E-state index contributed by atoms with van der Waals surface area (Å²) in [4.78, 5) is 5.99. The Balaban J connectivity index is 2.26. The van der Waals surface area contributed by atoms with Crippen LogP contribution in [0.5, 0.6) is 0 Å². The number of benzene rings is 1. The van der Waals surface area contributed by atoms with Gasteiger partial charge in [-0.05, 0) is 43.3 Å². The summed E-state index contributed by atoms with van der Waals surface area (Å²) in [5.74, 6) is 0.00946. The number of pyridine rings is 1. The van der Waals surface area contributed by atoms with Gasteiger partial charge in [-0.3, -0.25) is 0 Å². The minimum absolute atomic E-state index is 0.288. The molecule has 0 aliphatic heterocycles.